The van der Waals surface area contributed by atoms with E-state index in [4.69, 9.17) is 10.2 Å². The number of benzene rings is 1. The molecule has 16 heavy (non-hydrogen) atoms. The van der Waals surface area contributed by atoms with Gasteiger partial charge in [0.2, 0.25) is 0 Å². The summed E-state index contributed by atoms with van der Waals surface area (Å²) < 4.78 is 0. The molecule has 0 aromatic heterocycles. The molecule has 0 amide bonds. The Morgan fingerprint density at radius 3 is 1.44 bits per heavy atom. The van der Waals surface area contributed by atoms with Gasteiger partial charge in [0.25, 0.3) is 0 Å². The molecule has 1 aromatic rings. The van der Waals surface area contributed by atoms with Gasteiger partial charge in [0.05, 0.1) is 13.2 Å². The Balaban J connectivity index is 2.30. The van der Waals surface area contributed by atoms with Crippen LogP contribution in [-0.2, 0) is 13.1 Å². The molecule has 0 saturated carbocycles. The van der Waals surface area contributed by atoms with Crippen molar-refractivity contribution in [2.24, 2.45) is 0 Å². The minimum atomic E-state index is 0.170. The zero-order valence-electron chi connectivity index (χ0n) is 9.45. The molecule has 0 aliphatic heterocycles. The summed E-state index contributed by atoms with van der Waals surface area (Å²) in [6, 6.07) is 8.28. The highest BCUT2D eigenvalue weighted by molar-refractivity contribution is 5.22. The van der Waals surface area contributed by atoms with Crippen LogP contribution in [0.5, 0.6) is 0 Å². The number of hydrogen-bond acceptors (Lipinski definition) is 4. The van der Waals surface area contributed by atoms with E-state index < -0.39 is 0 Å². The first-order valence-electron chi connectivity index (χ1n) is 5.58. The maximum Gasteiger partial charge on any atom is 0.0556 e. The highest BCUT2D eigenvalue weighted by atomic mass is 16.3. The topological polar surface area (TPSA) is 64.5 Å². The van der Waals surface area contributed by atoms with E-state index in [2.05, 4.69) is 34.9 Å². The third-order valence-corrected chi connectivity index (χ3v) is 2.26. The molecule has 0 spiro atoms. The van der Waals surface area contributed by atoms with E-state index in [1.54, 1.807) is 0 Å². The zero-order valence-corrected chi connectivity index (χ0v) is 9.45. The molecule has 1 rings (SSSR count). The second-order valence-electron chi connectivity index (χ2n) is 3.62. The minimum Gasteiger partial charge on any atom is -0.395 e. The maximum atomic E-state index is 8.62. The van der Waals surface area contributed by atoms with Crippen molar-refractivity contribution in [3.8, 4) is 0 Å². The van der Waals surface area contributed by atoms with Crippen molar-refractivity contribution < 1.29 is 10.2 Å². The number of hydrogen-bond donors (Lipinski definition) is 4. The van der Waals surface area contributed by atoms with Crippen LogP contribution >= 0.6 is 0 Å². The zero-order chi connectivity index (χ0) is 11.6. The van der Waals surface area contributed by atoms with Gasteiger partial charge < -0.3 is 20.8 Å². The average molecular weight is 224 g/mol. The molecule has 4 N–H and O–H groups in total. The van der Waals surface area contributed by atoms with Gasteiger partial charge in [-0.05, 0) is 11.1 Å². The van der Waals surface area contributed by atoms with Crippen molar-refractivity contribution in [3.63, 3.8) is 0 Å². The van der Waals surface area contributed by atoms with E-state index in [0.717, 1.165) is 13.1 Å². The molecule has 0 aliphatic carbocycles. The third-order valence-electron chi connectivity index (χ3n) is 2.26. The van der Waals surface area contributed by atoms with Crippen molar-refractivity contribution in [1.29, 1.82) is 0 Å². The second kappa shape index (κ2) is 8.24. The van der Waals surface area contributed by atoms with Crippen molar-refractivity contribution in [2.45, 2.75) is 13.1 Å². The summed E-state index contributed by atoms with van der Waals surface area (Å²) in [5.74, 6) is 0. The molecule has 4 nitrogen and oxygen atoms in total. The number of aliphatic hydroxyl groups is 2. The Labute approximate surface area is 96.3 Å². The summed E-state index contributed by atoms with van der Waals surface area (Å²) in [5.41, 5.74) is 2.42. The Morgan fingerprint density at radius 1 is 0.750 bits per heavy atom. The predicted octanol–water partition coefficient (Wildman–Crippen LogP) is -0.150. The van der Waals surface area contributed by atoms with Crippen LogP contribution in [0, 0.1) is 0 Å². The van der Waals surface area contributed by atoms with Gasteiger partial charge in [-0.1, -0.05) is 24.3 Å². The summed E-state index contributed by atoms with van der Waals surface area (Å²) in [7, 11) is 0. The monoisotopic (exact) mass is 224 g/mol. The number of aliphatic hydroxyl groups excluding tert-OH is 2. The second-order valence-corrected chi connectivity index (χ2v) is 3.62. The van der Waals surface area contributed by atoms with Gasteiger partial charge in [0.1, 0.15) is 0 Å². The summed E-state index contributed by atoms with van der Waals surface area (Å²) in [6.07, 6.45) is 0. The number of nitrogens with one attached hydrogen (secondary N) is 2. The lowest BCUT2D eigenvalue weighted by Crippen LogP contribution is -2.18. The molecular weight excluding hydrogens is 204 g/mol. The number of rotatable bonds is 8. The largest absolute Gasteiger partial charge is 0.395 e. The van der Waals surface area contributed by atoms with E-state index in [0.29, 0.717) is 13.1 Å². The maximum absolute atomic E-state index is 8.62. The van der Waals surface area contributed by atoms with Crippen LogP contribution in [0.15, 0.2) is 24.3 Å². The third kappa shape index (κ3) is 5.23. The van der Waals surface area contributed by atoms with Gasteiger partial charge in [-0.25, -0.2) is 0 Å². The minimum absolute atomic E-state index is 0.170. The molecular formula is C12H20N2O2. The van der Waals surface area contributed by atoms with Gasteiger partial charge in [-0.2, -0.15) is 0 Å². The van der Waals surface area contributed by atoms with Crippen LogP contribution in [0.3, 0.4) is 0 Å². The molecule has 0 heterocycles. The highest BCUT2D eigenvalue weighted by Gasteiger charge is 1.94. The van der Waals surface area contributed by atoms with Crippen molar-refractivity contribution in [1.82, 2.24) is 10.6 Å². The molecule has 4 heteroatoms. The molecule has 0 atom stereocenters. The van der Waals surface area contributed by atoms with Crippen LogP contribution < -0.4 is 10.6 Å². The van der Waals surface area contributed by atoms with Gasteiger partial charge in [-0.15, -0.1) is 0 Å². The quantitative estimate of drug-likeness (QED) is 0.464. The fourth-order valence-corrected chi connectivity index (χ4v) is 1.40. The summed E-state index contributed by atoms with van der Waals surface area (Å²) in [5, 5.41) is 23.5. The van der Waals surface area contributed by atoms with E-state index in [1.807, 2.05) is 0 Å². The van der Waals surface area contributed by atoms with E-state index in [9.17, 15) is 0 Å². The normalized spacial score (nSPS) is 10.6. The van der Waals surface area contributed by atoms with Gasteiger partial charge in [0.15, 0.2) is 0 Å². The molecule has 0 unspecified atom stereocenters. The van der Waals surface area contributed by atoms with Crippen LogP contribution in [-0.4, -0.2) is 36.5 Å². The van der Waals surface area contributed by atoms with Crippen LogP contribution in [0.25, 0.3) is 0 Å². The van der Waals surface area contributed by atoms with Crippen molar-refractivity contribution in [2.75, 3.05) is 26.3 Å². The predicted molar refractivity (Wildman–Crippen MR) is 64.0 cm³/mol. The SMILES string of the molecule is OCCNCc1ccc(CNCCO)cc1. The Hall–Kier alpha value is -0.940. The highest BCUT2D eigenvalue weighted by Crippen LogP contribution is 2.03. The molecule has 0 fully saturated rings. The van der Waals surface area contributed by atoms with Crippen molar-refractivity contribution >= 4 is 0 Å². The van der Waals surface area contributed by atoms with Gasteiger partial charge in [-0.3, -0.25) is 0 Å². The summed E-state index contributed by atoms with van der Waals surface area (Å²) in [6.45, 7) is 3.15. The van der Waals surface area contributed by atoms with E-state index in [1.165, 1.54) is 11.1 Å². The van der Waals surface area contributed by atoms with Crippen molar-refractivity contribution in [3.05, 3.63) is 35.4 Å². The molecule has 90 valence electrons. The standard InChI is InChI=1S/C12H20N2O2/c15-7-5-13-9-11-1-2-12(4-3-11)10-14-6-8-16/h1-4,13-16H,5-10H2. The average Bonchev–Trinajstić information content (AvgIpc) is 2.32. The first-order chi connectivity index (χ1) is 7.86. The Morgan fingerprint density at radius 2 is 1.12 bits per heavy atom. The molecule has 0 radical (unpaired) electrons. The first kappa shape index (κ1) is 13.1. The van der Waals surface area contributed by atoms with E-state index in [-0.39, 0.29) is 13.2 Å². The molecule has 0 aliphatic rings. The van der Waals surface area contributed by atoms with E-state index >= 15 is 0 Å². The van der Waals surface area contributed by atoms with Gasteiger partial charge >= 0.3 is 0 Å². The summed E-state index contributed by atoms with van der Waals surface area (Å²) >= 11 is 0. The fourth-order valence-electron chi connectivity index (χ4n) is 1.40. The van der Waals surface area contributed by atoms with Crippen LogP contribution in [0.1, 0.15) is 11.1 Å². The fraction of sp³-hybridized carbons (Fsp3) is 0.500. The van der Waals surface area contributed by atoms with Crippen LogP contribution in [0.2, 0.25) is 0 Å². The lowest BCUT2D eigenvalue weighted by atomic mass is 10.1. The molecule has 1 aromatic carbocycles. The lowest BCUT2D eigenvalue weighted by molar-refractivity contribution is 0.291. The molecule has 0 bridgehead atoms. The Bertz CT molecular complexity index is 246. The lowest BCUT2D eigenvalue weighted by Gasteiger charge is -2.06. The molecule has 0 saturated heterocycles. The van der Waals surface area contributed by atoms with Gasteiger partial charge in [0, 0.05) is 26.2 Å². The summed E-state index contributed by atoms with van der Waals surface area (Å²) in [4.78, 5) is 0. The smallest absolute Gasteiger partial charge is 0.0556 e. The first-order valence-corrected chi connectivity index (χ1v) is 5.58. The van der Waals surface area contributed by atoms with Crippen LogP contribution in [0.4, 0.5) is 0 Å². The Kier molecular flexibility index (Phi) is 6.76.